The topological polar surface area (TPSA) is 350 Å². The molecule has 28 heteroatoms. The van der Waals surface area contributed by atoms with E-state index in [4.69, 9.17) is 36.9 Å². The lowest BCUT2D eigenvalue weighted by Gasteiger charge is -2.21. The minimum atomic E-state index is -1.16. The van der Waals surface area contributed by atoms with Crippen LogP contribution < -0.4 is 17.2 Å². The number of carbonyl (C=O) groups is 6. The summed E-state index contributed by atoms with van der Waals surface area (Å²) in [5.41, 5.74) is 19.8. The number of esters is 3. The molecule has 0 aliphatic rings. The summed E-state index contributed by atoms with van der Waals surface area (Å²) >= 11 is 30.2. The van der Waals surface area contributed by atoms with E-state index in [-0.39, 0.29) is 37.8 Å². The van der Waals surface area contributed by atoms with Crippen LogP contribution in [0.25, 0.3) is 0 Å². The van der Waals surface area contributed by atoms with Gasteiger partial charge in [0.1, 0.15) is 12.7 Å². The van der Waals surface area contributed by atoms with Crippen molar-refractivity contribution < 1.29 is 78.7 Å². The number of ether oxygens (including phenoxy) is 3. The Morgan fingerprint density at radius 1 is 0.357 bits per heavy atom. The van der Waals surface area contributed by atoms with Crippen molar-refractivity contribution in [3.05, 3.63) is 200 Å². The Bertz CT molecular complexity index is 3410. The lowest BCUT2D eigenvalue weighted by atomic mass is 9.94. The van der Waals surface area contributed by atoms with Gasteiger partial charge in [0.25, 0.3) is 0 Å². The first kappa shape index (κ1) is 94.3. The molecule has 13 N–H and O–H groups in total. The molecule has 0 saturated heterocycles. The fraction of sp³-hybridized carbons (Fsp3) is 0.400. The van der Waals surface area contributed by atoms with Crippen molar-refractivity contribution in [2.45, 2.75) is 162 Å². The van der Waals surface area contributed by atoms with E-state index < -0.39 is 70.5 Å². The molecular weight excluding hydrogens is 1860 g/mol. The van der Waals surface area contributed by atoms with E-state index >= 15 is 0 Å². The largest absolute Gasteiger partial charge is 0.481 e. The Kier molecular flexibility index (Phi) is 43.1. The van der Waals surface area contributed by atoms with Crippen LogP contribution in [0.3, 0.4) is 0 Å². The summed E-state index contributed by atoms with van der Waals surface area (Å²) in [5, 5.41) is 66.1. The molecule has 3 atom stereocenters. The van der Waals surface area contributed by atoms with Gasteiger partial charge in [-0.2, -0.15) is 0 Å². The number of aldehydes is 1. The molecule has 0 spiro atoms. The number of rotatable bonds is 20. The molecule has 0 radical (unpaired) electrons. The van der Waals surface area contributed by atoms with Crippen LogP contribution in [0.4, 0.5) is 0 Å². The highest BCUT2D eigenvalue weighted by molar-refractivity contribution is 9.12. The van der Waals surface area contributed by atoms with Crippen LogP contribution in [-0.4, -0.2) is 91.7 Å². The van der Waals surface area contributed by atoms with E-state index in [1.54, 1.807) is 126 Å². The maximum atomic E-state index is 11.4. The zero-order chi connectivity index (χ0) is 76.0. The lowest BCUT2D eigenvalue weighted by molar-refractivity contribution is -0.151. The number of halogens is 9. The number of aliphatic carboxylic acids is 2. The molecule has 0 amide bonds. The van der Waals surface area contributed by atoms with Crippen molar-refractivity contribution in [3.8, 4) is 0 Å². The second-order valence-corrected chi connectivity index (χ2v) is 32.3. The molecule has 6 rings (SSSR count). The normalized spacial score (nSPS) is 12.1. The standard InChI is InChI=1S/2C14H20BrNO3.C12H16BrNO3.C10H11BrO2.C9H10Br2O.C6H3Br3.C5H8O4/c2*1-4-19-13(17)8-12(16)9-5-10(14(2,3)18)7-11(15)6-9;1-12(2,17)8-3-7(4-9(13)5-8)10(14)6-11(15)16;1-10(2,13)8-3-7(6-12)4-9(11)5-8;1-9(2,12)6-3-7(10)5-8(11)4-6;7-4-1-5(8)3-6(9)2-4;1-2-9-5(8)3-4(6)7/h2*5-7,12,18H,4,8,16H2,1-3H3;3-5,10,17H,6,14H2,1-2H3,(H,15,16);3-6,13H,1-2H3;3-5,12H,1-2H3;1-3H;2-3H2,1H3,(H,6,7)/t12-;;10-;;;;/m0.0..../s1. The first-order valence-electron chi connectivity index (χ1n) is 29.9. The predicted molar refractivity (Wildman–Crippen MR) is 414 cm³/mol. The van der Waals surface area contributed by atoms with Crippen molar-refractivity contribution >= 4 is 180 Å². The molecule has 19 nitrogen and oxygen atoms in total. The highest BCUT2D eigenvalue weighted by Gasteiger charge is 2.24. The Balaban J connectivity index is 0.00000114. The van der Waals surface area contributed by atoms with Gasteiger partial charge in [0, 0.05) is 63.9 Å². The summed E-state index contributed by atoms with van der Waals surface area (Å²) in [6, 6.07) is 31.7. The average Bonchev–Trinajstić information content (AvgIpc) is 0.849. The number of hydrogen-bond donors (Lipinski definition) is 10. The molecule has 1 unspecified atom stereocenters. The third-order valence-corrected chi connectivity index (χ3v) is 16.8. The van der Waals surface area contributed by atoms with Gasteiger partial charge in [-0.25, -0.2) is 0 Å². The summed E-state index contributed by atoms with van der Waals surface area (Å²) in [6.45, 7) is 23.1. The highest BCUT2D eigenvalue weighted by Crippen LogP contribution is 2.33. The summed E-state index contributed by atoms with van der Waals surface area (Å²) in [5.74, 6) is -3.43. The van der Waals surface area contributed by atoms with Crippen molar-refractivity contribution in [1.82, 2.24) is 0 Å². The number of carboxylic acids is 2. The Hall–Kier alpha value is -3.66. The molecule has 0 aliphatic carbocycles. The fourth-order valence-electron chi connectivity index (χ4n) is 7.68. The van der Waals surface area contributed by atoms with E-state index in [1.807, 2.05) is 72.8 Å². The maximum Gasteiger partial charge on any atom is 0.317 e. The van der Waals surface area contributed by atoms with Crippen molar-refractivity contribution in [1.29, 1.82) is 0 Å². The molecule has 0 bridgehead atoms. The monoisotopic (exact) mass is 1940 g/mol. The Morgan fingerprint density at radius 3 is 0.827 bits per heavy atom. The van der Waals surface area contributed by atoms with Gasteiger partial charge in [-0.15, -0.1) is 0 Å². The van der Waals surface area contributed by atoms with Crippen LogP contribution in [-0.2, 0) is 66.2 Å². The number of carboxylic acid groups (broad SMARTS) is 2. The van der Waals surface area contributed by atoms with Gasteiger partial charge < -0.3 is 67.2 Å². The summed E-state index contributed by atoms with van der Waals surface area (Å²) in [6.07, 6.45) is 0.320. The molecule has 542 valence electrons. The van der Waals surface area contributed by atoms with E-state index in [1.165, 1.54) is 0 Å². The molecule has 0 saturated carbocycles. The fourth-order valence-corrected chi connectivity index (χ4v) is 13.4. The third-order valence-electron chi connectivity index (χ3n) is 12.7. The van der Waals surface area contributed by atoms with Crippen LogP contribution in [0.15, 0.2) is 149 Å². The number of benzene rings is 6. The van der Waals surface area contributed by atoms with Crippen LogP contribution in [0, 0.1) is 0 Å². The molecule has 0 aromatic heterocycles. The second kappa shape index (κ2) is 44.8. The average molecular weight is 1950 g/mol. The van der Waals surface area contributed by atoms with E-state index in [0.717, 1.165) is 79.9 Å². The van der Waals surface area contributed by atoms with Gasteiger partial charge in [-0.1, -0.05) is 162 Å². The van der Waals surface area contributed by atoms with Gasteiger partial charge in [0.15, 0.2) is 0 Å². The smallest absolute Gasteiger partial charge is 0.317 e. The highest BCUT2D eigenvalue weighted by atomic mass is 79.9. The predicted octanol–water partition coefficient (Wildman–Crippen LogP) is 17.3. The van der Waals surface area contributed by atoms with E-state index in [2.05, 4.69) is 148 Å². The lowest BCUT2D eigenvalue weighted by Crippen LogP contribution is -2.20. The molecule has 98 heavy (non-hydrogen) atoms. The number of nitrogens with two attached hydrogens (primary N) is 3. The van der Waals surface area contributed by atoms with Crippen molar-refractivity contribution in [2.24, 2.45) is 17.2 Å². The quantitative estimate of drug-likeness (QED) is 0.0147. The second-order valence-electron chi connectivity index (χ2n) is 24.1. The first-order valence-corrected chi connectivity index (χ1v) is 37.0. The summed E-state index contributed by atoms with van der Waals surface area (Å²) in [7, 11) is 0. The molecule has 0 fully saturated rings. The number of carbonyl (C=O) groups excluding carboxylic acids is 4. The summed E-state index contributed by atoms with van der Waals surface area (Å²) in [4.78, 5) is 64.0. The molecule has 0 aliphatic heterocycles. The first-order chi connectivity index (χ1) is 44.8. The van der Waals surface area contributed by atoms with Gasteiger partial charge in [0.2, 0.25) is 0 Å². The SMILES string of the molecule is Brc1cc(Br)cc(Br)c1.CC(C)(O)c1cc(Br)cc(Br)c1.CC(C)(O)c1cc(Br)cc(C=O)c1.CC(C)(O)c1cc(Br)cc([C@@H](N)CC(=O)O)c1.CCOC(=O)CC(=O)O.CCOC(=O)CC(N)c1cc(Br)cc(C(C)(C)O)c1.CCOC(=O)C[C@H](N)c1cc(Br)cc(C(C)(C)O)c1. The molecule has 6 aromatic carbocycles. The van der Waals surface area contributed by atoms with Crippen molar-refractivity contribution in [3.63, 3.8) is 0 Å². The van der Waals surface area contributed by atoms with E-state index in [9.17, 15) is 54.3 Å². The minimum Gasteiger partial charge on any atom is -0.481 e. The number of aliphatic hydroxyl groups is 5. The maximum absolute atomic E-state index is 11.4. The molecule has 0 heterocycles. The van der Waals surface area contributed by atoms with Crippen LogP contribution >= 0.6 is 143 Å². The van der Waals surface area contributed by atoms with Gasteiger partial charge in [0.05, 0.1) is 67.1 Å². The van der Waals surface area contributed by atoms with Gasteiger partial charge in [-0.05, 0) is 226 Å². The molecular formula is C70H88Br9N3O16. The van der Waals surface area contributed by atoms with Crippen LogP contribution in [0.2, 0.25) is 0 Å². The van der Waals surface area contributed by atoms with Crippen molar-refractivity contribution in [2.75, 3.05) is 19.8 Å². The zero-order valence-electron chi connectivity index (χ0n) is 56.6. The minimum absolute atomic E-state index is 0.121. The summed E-state index contributed by atoms with van der Waals surface area (Å²) < 4.78 is 22.5. The third kappa shape index (κ3) is 40.8. The number of hydrogen-bond acceptors (Lipinski definition) is 17. The van der Waals surface area contributed by atoms with Gasteiger partial charge >= 0.3 is 29.8 Å². The Morgan fingerprint density at radius 2 is 0.582 bits per heavy atom. The van der Waals surface area contributed by atoms with Crippen LogP contribution in [0.5, 0.6) is 0 Å². The van der Waals surface area contributed by atoms with Crippen LogP contribution in [0.1, 0.15) is 189 Å². The van der Waals surface area contributed by atoms with Gasteiger partial charge in [-0.3, -0.25) is 28.8 Å². The Labute approximate surface area is 650 Å². The van der Waals surface area contributed by atoms with E-state index in [0.29, 0.717) is 29.9 Å². The zero-order valence-corrected chi connectivity index (χ0v) is 70.9. The molecule has 6 aromatic rings.